The van der Waals surface area contributed by atoms with Crippen molar-refractivity contribution in [1.29, 1.82) is 0 Å². The fourth-order valence-corrected chi connectivity index (χ4v) is 3.98. The lowest BCUT2D eigenvalue weighted by Gasteiger charge is -2.16. The predicted octanol–water partition coefficient (Wildman–Crippen LogP) is 4.71. The van der Waals surface area contributed by atoms with Crippen molar-refractivity contribution in [3.63, 3.8) is 0 Å². The average Bonchev–Trinajstić information content (AvgIpc) is 2.60. The highest BCUT2D eigenvalue weighted by molar-refractivity contribution is 7.92. The van der Waals surface area contributed by atoms with Crippen molar-refractivity contribution in [2.45, 2.75) is 25.7 Å². The Morgan fingerprint density at radius 2 is 1.72 bits per heavy atom. The Morgan fingerprint density at radius 3 is 2.31 bits per heavy atom. The van der Waals surface area contributed by atoms with Gasteiger partial charge in [0.15, 0.2) is 12.4 Å². The van der Waals surface area contributed by atoms with Gasteiger partial charge in [0, 0.05) is 5.41 Å². The number of hydrogen-bond donors (Lipinski definition) is 1. The maximum absolute atomic E-state index is 13.8. The summed E-state index contributed by atoms with van der Waals surface area (Å²) in [6.07, 6.45) is 0. The molecule has 0 radical (unpaired) electrons. The predicted molar refractivity (Wildman–Crippen MR) is 108 cm³/mol. The van der Waals surface area contributed by atoms with E-state index in [-0.39, 0.29) is 27.1 Å². The molecule has 2 aromatic rings. The first kappa shape index (κ1) is 23.1. The Labute approximate surface area is 178 Å². The van der Waals surface area contributed by atoms with Gasteiger partial charge in [-0.1, -0.05) is 56.1 Å². The van der Waals surface area contributed by atoms with Crippen LogP contribution < -0.4 is 4.72 Å². The van der Waals surface area contributed by atoms with Gasteiger partial charge >= 0.3 is 5.97 Å². The molecule has 0 fully saturated rings. The summed E-state index contributed by atoms with van der Waals surface area (Å²) < 4.78 is 46.1. The Kier molecular flexibility index (Phi) is 6.93. The molecule has 0 amide bonds. The number of nitrogens with one attached hydrogen (secondary N) is 1. The summed E-state index contributed by atoms with van der Waals surface area (Å²) >= 11 is 12.0. The highest BCUT2D eigenvalue weighted by Crippen LogP contribution is 2.31. The van der Waals surface area contributed by atoms with Gasteiger partial charge < -0.3 is 4.74 Å². The number of carbonyl (C=O) groups excluding carboxylic acids is 2. The van der Waals surface area contributed by atoms with Gasteiger partial charge in [-0.05, 0) is 24.3 Å². The van der Waals surface area contributed by atoms with Crippen LogP contribution in [0.2, 0.25) is 10.0 Å². The molecule has 0 unspecified atom stereocenters. The van der Waals surface area contributed by atoms with E-state index in [9.17, 15) is 22.4 Å². The monoisotopic (exact) mass is 461 g/mol. The fraction of sp³-hybridized carbons (Fsp3) is 0.263. The first-order chi connectivity index (χ1) is 13.3. The van der Waals surface area contributed by atoms with E-state index in [0.29, 0.717) is 0 Å². The summed E-state index contributed by atoms with van der Waals surface area (Å²) in [6, 6.07) is 7.12. The average molecular weight is 462 g/mol. The summed E-state index contributed by atoms with van der Waals surface area (Å²) in [6.45, 7) is 4.49. The van der Waals surface area contributed by atoms with Gasteiger partial charge in [0.05, 0.1) is 21.3 Å². The van der Waals surface area contributed by atoms with Crippen LogP contribution in [0.4, 0.5) is 10.1 Å². The minimum Gasteiger partial charge on any atom is -0.454 e. The Morgan fingerprint density at radius 1 is 1.10 bits per heavy atom. The Hall–Kier alpha value is -2.16. The summed E-state index contributed by atoms with van der Waals surface area (Å²) in [5, 5.41) is -0.436. The summed E-state index contributed by atoms with van der Waals surface area (Å²) in [7, 11) is -4.35. The zero-order valence-corrected chi connectivity index (χ0v) is 18.1. The van der Waals surface area contributed by atoms with Crippen LogP contribution in [0.3, 0.4) is 0 Å². The minimum absolute atomic E-state index is 0.159. The van der Waals surface area contributed by atoms with Crippen molar-refractivity contribution in [2.24, 2.45) is 5.41 Å². The first-order valence-electron chi connectivity index (χ1n) is 8.30. The highest BCUT2D eigenvalue weighted by atomic mass is 35.5. The van der Waals surface area contributed by atoms with Crippen LogP contribution in [-0.2, 0) is 19.6 Å². The van der Waals surface area contributed by atoms with Crippen LogP contribution in [0.5, 0.6) is 0 Å². The minimum atomic E-state index is -4.35. The van der Waals surface area contributed by atoms with Crippen LogP contribution in [0.15, 0.2) is 41.3 Å². The van der Waals surface area contributed by atoms with Crippen LogP contribution in [0.25, 0.3) is 0 Å². The number of ether oxygens (including phenoxy) is 1. The molecule has 0 aliphatic carbocycles. The molecule has 2 rings (SSSR count). The van der Waals surface area contributed by atoms with E-state index in [4.69, 9.17) is 27.9 Å². The van der Waals surface area contributed by atoms with Crippen molar-refractivity contribution in [3.8, 4) is 0 Å². The molecule has 6 nitrogen and oxygen atoms in total. The van der Waals surface area contributed by atoms with Crippen molar-refractivity contribution in [3.05, 3.63) is 57.8 Å². The number of ketones is 1. The number of esters is 1. The number of benzene rings is 2. The third kappa shape index (κ3) is 5.68. The Bertz CT molecular complexity index is 1060. The number of sulfonamides is 1. The van der Waals surface area contributed by atoms with Crippen molar-refractivity contribution >= 4 is 50.7 Å². The molecule has 0 aromatic heterocycles. The molecule has 0 aliphatic heterocycles. The maximum Gasteiger partial charge on any atom is 0.340 e. The molecule has 0 heterocycles. The van der Waals surface area contributed by atoms with Crippen molar-refractivity contribution in [1.82, 2.24) is 0 Å². The quantitative estimate of drug-likeness (QED) is 0.629. The van der Waals surface area contributed by atoms with E-state index in [2.05, 4.69) is 4.72 Å². The van der Waals surface area contributed by atoms with Crippen LogP contribution >= 0.6 is 23.2 Å². The molecular weight excluding hydrogens is 444 g/mol. The van der Waals surface area contributed by atoms with Crippen molar-refractivity contribution < 1.29 is 27.1 Å². The van der Waals surface area contributed by atoms with E-state index < -0.39 is 38.7 Å². The number of halogens is 3. The van der Waals surface area contributed by atoms with Crippen LogP contribution in [0, 0.1) is 11.2 Å². The molecule has 1 N–H and O–H groups in total. The second kappa shape index (κ2) is 8.69. The summed E-state index contributed by atoms with van der Waals surface area (Å²) in [4.78, 5) is 23.8. The first-order valence-corrected chi connectivity index (χ1v) is 10.5. The normalized spacial score (nSPS) is 11.8. The van der Waals surface area contributed by atoms with Gasteiger partial charge in [0.2, 0.25) is 0 Å². The fourth-order valence-electron chi connectivity index (χ4n) is 2.06. The third-order valence-electron chi connectivity index (χ3n) is 3.82. The van der Waals surface area contributed by atoms with E-state index in [1.807, 2.05) is 0 Å². The zero-order chi connectivity index (χ0) is 22.0. The van der Waals surface area contributed by atoms with Gasteiger partial charge in [-0.2, -0.15) is 0 Å². The van der Waals surface area contributed by atoms with Gasteiger partial charge in [-0.15, -0.1) is 0 Å². The second-order valence-electron chi connectivity index (χ2n) is 7.10. The van der Waals surface area contributed by atoms with E-state index in [1.165, 1.54) is 18.2 Å². The zero-order valence-electron chi connectivity index (χ0n) is 15.8. The molecule has 0 saturated heterocycles. The molecule has 0 atom stereocenters. The SMILES string of the molecule is CC(C)(C)C(=O)COC(=O)c1cc(S(=O)(=O)Nc2ccccc2F)c(Cl)cc1Cl. The molecule has 2 aromatic carbocycles. The van der Waals surface area contributed by atoms with Gasteiger partial charge in [0.25, 0.3) is 10.0 Å². The Balaban J connectivity index is 2.34. The highest BCUT2D eigenvalue weighted by Gasteiger charge is 2.26. The molecule has 0 spiro atoms. The van der Waals surface area contributed by atoms with Crippen LogP contribution in [-0.4, -0.2) is 26.8 Å². The number of anilines is 1. The van der Waals surface area contributed by atoms with Gasteiger partial charge in [0.1, 0.15) is 10.7 Å². The van der Waals surface area contributed by atoms with Crippen molar-refractivity contribution in [2.75, 3.05) is 11.3 Å². The third-order valence-corrected chi connectivity index (χ3v) is 5.96. The lowest BCUT2D eigenvalue weighted by Crippen LogP contribution is -2.26. The largest absolute Gasteiger partial charge is 0.454 e. The van der Waals surface area contributed by atoms with Gasteiger partial charge in [-0.3, -0.25) is 9.52 Å². The van der Waals surface area contributed by atoms with E-state index in [1.54, 1.807) is 20.8 Å². The standard InChI is InChI=1S/C19H18Cl2FNO5S/c1-19(2,3)17(24)10-28-18(25)11-8-16(13(21)9-12(11)20)29(26,27)23-15-7-5-4-6-14(15)22/h4-9,23H,10H2,1-3H3. The molecule has 10 heteroatoms. The molecule has 0 aliphatic rings. The summed E-state index contributed by atoms with van der Waals surface area (Å²) in [5.41, 5.74) is -1.31. The topological polar surface area (TPSA) is 89.5 Å². The van der Waals surface area contributed by atoms with Crippen LogP contribution in [0.1, 0.15) is 31.1 Å². The van der Waals surface area contributed by atoms with Gasteiger partial charge in [-0.25, -0.2) is 17.6 Å². The number of carbonyl (C=O) groups is 2. The number of Topliss-reactive ketones (excluding diaryl/α,β-unsaturated/α-hetero) is 1. The smallest absolute Gasteiger partial charge is 0.340 e. The second-order valence-corrected chi connectivity index (χ2v) is 9.56. The molecule has 156 valence electrons. The number of para-hydroxylation sites is 1. The lowest BCUT2D eigenvalue weighted by atomic mass is 9.91. The molecule has 0 bridgehead atoms. The lowest BCUT2D eigenvalue weighted by molar-refractivity contribution is -0.129. The van der Waals surface area contributed by atoms with E-state index >= 15 is 0 Å². The maximum atomic E-state index is 13.8. The number of hydrogen-bond acceptors (Lipinski definition) is 5. The molecular formula is C19H18Cl2FNO5S. The van der Waals surface area contributed by atoms with E-state index in [0.717, 1.165) is 18.2 Å². The summed E-state index contributed by atoms with van der Waals surface area (Å²) in [5.74, 6) is -2.11. The number of rotatable bonds is 6. The molecule has 0 saturated carbocycles. The molecule has 29 heavy (non-hydrogen) atoms.